The summed E-state index contributed by atoms with van der Waals surface area (Å²) >= 11 is 0. The normalized spacial score (nSPS) is 27.3. The van der Waals surface area contributed by atoms with Crippen molar-refractivity contribution in [2.45, 2.75) is 18.9 Å². The number of hydrogen-bond acceptors (Lipinski definition) is 4. The van der Waals surface area contributed by atoms with Crippen LogP contribution in [0.15, 0.2) is 12.7 Å². The Labute approximate surface area is 107 Å². The first kappa shape index (κ1) is 13.4. The summed E-state index contributed by atoms with van der Waals surface area (Å²) in [6, 6.07) is -0.0891. The minimum Gasteiger partial charge on any atom is -0.445 e. The van der Waals surface area contributed by atoms with E-state index in [4.69, 9.17) is 4.74 Å². The molecule has 0 aromatic carbocycles. The van der Waals surface area contributed by atoms with Gasteiger partial charge in [-0.2, -0.15) is 4.31 Å². The molecule has 1 amide bonds. The van der Waals surface area contributed by atoms with Gasteiger partial charge in [0, 0.05) is 25.7 Å². The van der Waals surface area contributed by atoms with Crippen molar-refractivity contribution in [3.05, 3.63) is 12.7 Å². The van der Waals surface area contributed by atoms with E-state index in [2.05, 4.69) is 6.58 Å². The number of rotatable bonds is 3. The zero-order valence-electron chi connectivity index (χ0n) is 10.2. The standard InChI is InChI=1S/C11H18N2O4S/c1-2-7-17-11(14)12-6-4-10(9-12)13-5-3-8-18(13,15)16/h2,10H,1,3-9H2. The summed E-state index contributed by atoms with van der Waals surface area (Å²) < 4.78 is 30.0. The molecule has 0 bridgehead atoms. The summed E-state index contributed by atoms with van der Waals surface area (Å²) in [4.78, 5) is 13.2. The van der Waals surface area contributed by atoms with Crippen LogP contribution in [0.1, 0.15) is 12.8 Å². The monoisotopic (exact) mass is 274 g/mol. The molecule has 102 valence electrons. The largest absolute Gasteiger partial charge is 0.445 e. The summed E-state index contributed by atoms with van der Waals surface area (Å²) in [6.07, 6.45) is 2.48. The van der Waals surface area contributed by atoms with Gasteiger partial charge in [-0.15, -0.1) is 0 Å². The van der Waals surface area contributed by atoms with Crippen LogP contribution >= 0.6 is 0 Å². The van der Waals surface area contributed by atoms with E-state index in [0.717, 1.165) is 0 Å². The van der Waals surface area contributed by atoms with Crippen molar-refractivity contribution >= 4 is 16.1 Å². The van der Waals surface area contributed by atoms with E-state index >= 15 is 0 Å². The Balaban J connectivity index is 1.92. The molecule has 2 aliphatic heterocycles. The van der Waals surface area contributed by atoms with Gasteiger partial charge in [-0.25, -0.2) is 13.2 Å². The molecule has 1 unspecified atom stereocenters. The summed E-state index contributed by atoms with van der Waals surface area (Å²) in [7, 11) is -3.10. The Morgan fingerprint density at radius 3 is 2.83 bits per heavy atom. The van der Waals surface area contributed by atoms with Gasteiger partial charge in [0.1, 0.15) is 6.61 Å². The summed E-state index contributed by atoms with van der Waals surface area (Å²) in [6.45, 7) is 5.20. The zero-order chi connectivity index (χ0) is 13.2. The Hall–Kier alpha value is -1.08. The Morgan fingerprint density at radius 2 is 2.22 bits per heavy atom. The lowest BCUT2D eigenvalue weighted by atomic mass is 10.2. The first-order valence-electron chi connectivity index (χ1n) is 6.06. The highest BCUT2D eigenvalue weighted by Gasteiger charge is 2.39. The molecular weight excluding hydrogens is 256 g/mol. The number of likely N-dealkylation sites (tertiary alicyclic amines) is 1. The molecule has 2 aliphatic rings. The van der Waals surface area contributed by atoms with E-state index < -0.39 is 16.1 Å². The van der Waals surface area contributed by atoms with Crippen LogP contribution < -0.4 is 0 Å². The van der Waals surface area contributed by atoms with Crippen molar-refractivity contribution in [1.82, 2.24) is 9.21 Å². The van der Waals surface area contributed by atoms with Gasteiger partial charge in [0.15, 0.2) is 0 Å². The molecule has 0 spiro atoms. The topological polar surface area (TPSA) is 66.9 Å². The van der Waals surface area contributed by atoms with Gasteiger partial charge < -0.3 is 9.64 Å². The van der Waals surface area contributed by atoms with Gasteiger partial charge >= 0.3 is 6.09 Å². The summed E-state index contributed by atoms with van der Waals surface area (Å²) in [5, 5.41) is 0. The molecule has 0 saturated carbocycles. The Bertz CT molecular complexity index is 434. The fourth-order valence-corrected chi connectivity index (χ4v) is 4.20. The molecule has 7 heteroatoms. The highest BCUT2D eigenvalue weighted by atomic mass is 32.2. The molecule has 2 saturated heterocycles. The summed E-state index contributed by atoms with van der Waals surface area (Å²) in [5.74, 6) is 0.227. The highest BCUT2D eigenvalue weighted by Crippen LogP contribution is 2.24. The van der Waals surface area contributed by atoms with E-state index in [0.29, 0.717) is 32.5 Å². The van der Waals surface area contributed by atoms with E-state index in [1.165, 1.54) is 10.4 Å². The van der Waals surface area contributed by atoms with Crippen LogP contribution in [0.2, 0.25) is 0 Å². The molecule has 0 radical (unpaired) electrons. The third-order valence-electron chi connectivity index (χ3n) is 3.29. The van der Waals surface area contributed by atoms with Crippen molar-refractivity contribution in [3.8, 4) is 0 Å². The van der Waals surface area contributed by atoms with E-state index in [1.54, 1.807) is 4.90 Å². The highest BCUT2D eigenvalue weighted by molar-refractivity contribution is 7.89. The number of sulfonamides is 1. The second-order valence-electron chi connectivity index (χ2n) is 4.53. The van der Waals surface area contributed by atoms with Gasteiger partial charge in [0.2, 0.25) is 10.0 Å². The van der Waals surface area contributed by atoms with Crippen LogP contribution in [0.4, 0.5) is 4.79 Å². The number of carbonyl (C=O) groups is 1. The third kappa shape index (κ3) is 2.67. The molecule has 0 N–H and O–H groups in total. The third-order valence-corrected chi connectivity index (χ3v) is 5.29. The van der Waals surface area contributed by atoms with Crippen LogP contribution in [0.5, 0.6) is 0 Å². The molecule has 6 nitrogen and oxygen atoms in total. The smallest absolute Gasteiger partial charge is 0.410 e. The van der Waals surface area contributed by atoms with Crippen LogP contribution in [0.3, 0.4) is 0 Å². The van der Waals surface area contributed by atoms with Crippen molar-refractivity contribution < 1.29 is 17.9 Å². The molecule has 2 heterocycles. The molecule has 2 fully saturated rings. The lowest BCUT2D eigenvalue weighted by Crippen LogP contribution is -2.39. The van der Waals surface area contributed by atoms with Crippen molar-refractivity contribution in [2.24, 2.45) is 0 Å². The SMILES string of the molecule is C=CCOC(=O)N1CCC(N2CCCS2(=O)=O)C1. The minimum atomic E-state index is -3.10. The van der Waals surface area contributed by atoms with E-state index in [9.17, 15) is 13.2 Å². The number of amides is 1. The number of hydrogen-bond donors (Lipinski definition) is 0. The maximum absolute atomic E-state index is 11.8. The second kappa shape index (κ2) is 5.27. The van der Waals surface area contributed by atoms with Gasteiger partial charge in [-0.3, -0.25) is 0 Å². The second-order valence-corrected chi connectivity index (χ2v) is 6.58. The van der Waals surface area contributed by atoms with Gasteiger partial charge in [0.25, 0.3) is 0 Å². The fraction of sp³-hybridized carbons (Fsp3) is 0.727. The predicted molar refractivity (Wildman–Crippen MR) is 66.6 cm³/mol. The first-order valence-corrected chi connectivity index (χ1v) is 7.67. The van der Waals surface area contributed by atoms with E-state index in [-0.39, 0.29) is 18.4 Å². The fourth-order valence-electron chi connectivity index (χ4n) is 2.43. The van der Waals surface area contributed by atoms with Gasteiger partial charge in [0.05, 0.1) is 5.75 Å². The van der Waals surface area contributed by atoms with E-state index in [1.807, 2.05) is 0 Å². The van der Waals surface area contributed by atoms with Crippen LogP contribution in [0.25, 0.3) is 0 Å². The van der Waals surface area contributed by atoms with Gasteiger partial charge in [-0.05, 0) is 12.8 Å². The Kier molecular flexibility index (Phi) is 3.91. The maximum Gasteiger partial charge on any atom is 0.410 e. The van der Waals surface area contributed by atoms with Crippen molar-refractivity contribution in [3.63, 3.8) is 0 Å². The zero-order valence-corrected chi connectivity index (χ0v) is 11.1. The van der Waals surface area contributed by atoms with Gasteiger partial charge in [-0.1, -0.05) is 12.7 Å². The Morgan fingerprint density at radius 1 is 1.44 bits per heavy atom. The lowest BCUT2D eigenvalue weighted by Gasteiger charge is -2.22. The van der Waals surface area contributed by atoms with Crippen molar-refractivity contribution in [1.29, 1.82) is 0 Å². The number of ether oxygens (including phenoxy) is 1. The molecular formula is C11H18N2O4S. The lowest BCUT2D eigenvalue weighted by molar-refractivity contribution is 0.119. The molecule has 2 rings (SSSR count). The van der Waals surface area contributed by atoms with Crippen LogP contribution in [-0.4, -0.2) is 61.8 Å². The molecule has 0 aromatic rings. The first-order chi connectivity index (χ1) is 8.54. The average Bonchev–Trinajstić information content (AvgIpc) is 2.91. The predicted octanol–water partition coefficient (Wildman–Crippen LogP) is 0.419. The molecule has 0 aromatic heterocycles. The average molecular weight is 274 g/mol. The molecule has 18 heavy (non-hydrogen) atoms. The van der Waals surface area contributed by atoms with Crippen LogP contribution in [0, 0.1) is 0 Å². The molecule has 0 aliphatic carbocycles. The minimum absolute atomic E-state index is 0.0891. The number of carbonyl (C=O) groups excluding carboxylic acids is 1. The quantitative estimate of drug-likeness (QED) is 0.700. The number of nitrogens with zero attached hydrogens (tertiary/aromatic N) is 2. The molecule has 1 atom stereocenters. The van der Waals surface area contributed by atoms with Crippen LogP contribution in [-0.2, 0) is 14.8 Å². The maximum atomic E-state index is 11.8. The summed E-state index contributed by atoms with van der Waals surface area (Å²) in [5.41, 5.74) is 0. The van der Waals surface area contributed by atoms with Crippen molar-refractivity contribution in [2.75, 3.05) is 32.0 Å².